The SMILES string of the molecule is COc1cc(S(=O)(=O)CCCCOCCCCS(=O)(=O)c2ccc(N=Nc3cc(S(=O)(=O)O)c(N)c(N=Nc4ccc(SC#COOS(=O)(=O)O)cc4)c3N)c(SOOO)c2)c(C)cc1N=Nc1cc(S(=O)(=O)O)c(N)c(N=Nc2ccc(SC#COOS(=O)(=O)O)cc2)c1N.O.O. The Morgan fingerprint density at radius 3 is 1.36 bits per heavy atom. The van der Waals surface area contributed by atoms with Gasteiger partial charge in [0, 0.05) is 39.6 Å². The van der Waals surface area contributed by atoms with Gasteiger partial charge in [-0.15, -0.1) is 35.0 Å². The molecule has 0 radical (unpaired) electrons. The minimum atomic E-state index is -5.06. The third kappa shape index (κ3) is 24.9. The zero-order valence-corrected chi connectivity index (χ0v) is 57.1. The highest BCUT2D eigenvalue weighted by atomic mass is 32.3. The summed E-state index contributed by atoms with van der Waals surface area (Å²) in [6.45, 7) is 1.72. The van der Waals surface area contributed by atoms with Crippen LogP contribution in [0.2, 0.25) is 0 Å². The number of anilines is 4. The Hall–Kier alpha value is -8.29. The lowest BCUT2D eigenvalue weighted by Crippen LogP contribution is -2.10. The molecule has 0 aromatic heterocycles. The van der Waals surface area contributed by atoms with Crippen molar-refractivity contribution < 1.29 is 122 Å². The summed E-state index contributed by atoms with van der Waals surface area (Å²) in [5, 5.41) is 49.4. The number of methoxy groups -OCH3 is 1. The first-order chi connectivity index (χ1) is 45.1. The predicted molar refractivity (Wildman–Crippen MR) is 350 cm³/mol. The maximum Gasteiger partial charge on any atom is 0.433 e. The van der Waals surface area contributed by atoms with Crippen LogP contribution in [0.15, 0.2) is 166 Å². The summed E-state index contributed by atoms with van der Waals surface area (Å²) in [6, 6.07) is 19.4. The van der Waals surface area contributed by atoms with Crippen molar-refractivity contribution in [1.82, 2.24) is 0 Å². The molecular formula is C50H54N12O27S9. The highest BCUT2D eigenvalue weighted by Crippen LogP contribution is 2.46. The minimum Gasteiger partial charge on any atom is -0.494 e. The molecule has 0 aliphatic rings. The topological polar surface area (TPSA) is 646 Å². The average Bonchev–Trinajstić information content (AvgIpc) is 0.743. The molecule has 530 valence electrons. The lowest BCUT2D eigenvalue weighted by molar-refractivity contribution is -0.432. The monoisotopic (exact) mass is 1540 g/mol. The van der Waals surface area contributed by atoms with Gasteiger partial charge in [-0.25, -0.2) is 22.1 Å². The van der Waals surface area contributed by atoms with Crippen LogP contribution < -0.4 is 27.7 Å². The van der Waals surface area contributed by atoms with Crippen LogP contribution in [0.3, 0.4) is 0 Å². The molecule has 0 unspecified atom stereocenters. The van der Waals surface area contributed by atoms with Gasteiger partial charge in [0.1, 0.15) is 49.7 Å². The number of nitrogen functional groups attached to an aromatic ring is 4. The predicted octanol–water partition coefficient (Wildman–Crippen LogP) is 8.61. The molecule has 0 amide bonds. The normalized spacial score (nSPS) is 12.2. The van der Waals surface area contributed by atoms with E-state index in [0.29, 0.717) is 21.8 Å². The molecule has 48 heteroatoms. The number of sulfone groups is 2. The molecule has 0 fully saturated rings. The van der Waals surface area contributed by atoms with E-state index in [9.17, 15) is 59.6 Å². The molecule has 0 saturated carbocycles. The quantitative estimate of drug-likeness (QED) is 0.00219. The molecule has 98 heavy (non-hydrogen) atoms. The summed E-state index contributed by atoms with van der Waals surface area (Å²) < 4.78 is 206. The Labute approximate surface area is 570 Å². The van der Waals surface area contributed by atoms with E-state index in [2.05, 4.69) is 79.2 Å². The molecule has 0 aliphatic carbocycles. The van der Waals surface area contributed by atoms with Crippen molar-refractivity contribution in [2.45, 2.75) is 66.9 Å². The van der Waals surface area contributed by atoms with Gasteiger partial charge in [-0.05, 0) is 155 Å². The maximum atomic E-state index is 13.6. The van der Waals surface area contributed by atoms with Crippen LogP contribution in [0.25, 0.3) is 0 Å². The van der Waals surface area contributed by atoms with Crippen molar-refractivity contribution in [1.29, 1.82) is 0 Å². The third-order valence-electron chi connectivity index (χ3n) is 11.8. The van der Waals surface area contributed by atoms with Gasteiger partial charge >= 0.3 is 20.8 Å². The summed E-state index contributed by atoms with van der Waals surface area (Å²) in [6.07, 6.45) is 4.57. The molecule has 6 aromatic rings. The fourth-order valence-electron chi connectivity index (χ4n) is 7.48. The van der Waals surface area contributed by atoms with Crippen molar-refractivity contribution in [2.24, 2.45) is 40.9 Å². The van der Waals surface area contributed by atoms with E-state index < -0.39 is 98.9 Å². The van der Waals surface area contributed by atoms with Gasteiger partial charge in [-0.1, -0.05) is 5.04 Å². The Bertz CT molecular complexity index is 4840. The first kappa shape index (κ1) is 82.1. The molecule has 0 spiro atoms. The number of benzene rings is 6. The second-order valence-electron chi connectivity index (χ2n) is 18.5. The number of thioether (sulfide) groups is 2. The summed E-state index contributed by atoms with van der Waals surface area (Å²) in [4.78, 5) is 6.89. The molecule has 0 heterocycles. The van der Waals surface area contributed by atoms with Gasteiger partial charge in [-0.3, -0.25) is 28.0 Å². The van der Waals surface area contributed by atoms with Crippen LogP contribution in [-0.2, 0) is 93.3 Å². The van der Waals surface area contributed by atoms with Crippen molar-refractivity contribution in [2.75, 3.05) is 54.8 Å². The van der Waals surface area contributed by atoms with Gasteiger partial charge in [0.2, 0.25) is 0 Å². The van der Waals surface area contributed by atoms with Crippen LogP contribution in [-0.4, -0.2) is 117 Å². The summed E-state index contributed by atoms with van der Waals surface area (Å²) in [7, 11) is -26.6. The molecule has 6 aromatic carbocycles. The van der Waals surface area contributed by atoms with Crippen molar-refractivity contribution >= 4 is 165 Å². The Morgan fingerprint density at radius 1 is 0.490 bits per heavy atom. The Morgan fingerprint density at radius 2 is 0.929 bits per heavy atom. The van der Waals surface area contributed by atoms with E-state index in [-0.39, 0.29) is 127 Å². The number of ether oxygens (including phenoxy) is 2. The molecule has 0 bridgehead atoms. The smallest absolute Gasteiger partial charge is 0.433 e. The lowest BCUT2D eigenvalue weighted by atomic mass is 10.2. The van der Waals surface area contributed by atoms with Crippen LogP contribution in [0, 0.1) is 29.6 Å². The maximum absolute atomic E-state index is 13.6. The van der Waals surface area contributed by atoms with E-state index in [1.807, 2.05) is 12.2 Å². The highest BCUT2D eigenvalue weighted by molar-refractivity contribution is 8.04. The van der Waals surface area contributed by atoms with Crippen molar-refractivity contribution in [3.05, 3.63) is 96.6 Å². The first-order valence-electron chi connectivity index (χ1n) is 25.9. The fourth-order valence-corrected chi connectivity index (χ4v) is 13.5. The number of hydrogen-bond acceptors (Lipinski definition) is 36. The second kappa shape index (κ2) is 36.5. The van der Waals surface area contributed by atoms with E-state index in [1.165, 1.54) is 86.8 Å². The number of nitrogens with two attached hydrogens (primary N) is 4. The number of rotatable bonds is 32. The Kier molecular flexibility index (Phi) is 30.6. The standard InChI is InChI=1S/C50H50N12O25S9.2H2O/c1-30-25-37(58-60-39-28-44(94(71,72)73)48(54)50(46(39)52)62-56-32-9-13-34(14-10-32)89-22-20-83-87-96(77,78)79)40(80-2)29-42(30)92(66,67)24-6-4-18-81-17-3-5-23-91(64,65)35-15-16-36(41(26-35)90-85-84-63)57-59-38-27-43(93(68,69)70)47(53)49(45(38)51)61-55-31-7-11-33(12-8-31)88-21-19-82-86-95(74,75)76;;/h7-16,25-29,63H,3-6,17-18,23-24,51-54H2,1-2H3,(H,68,69,70)(H,71,72,73)(H,74,75,76)(H,77,78,79);2*1H2. The minimum absolute atomic E-state index is 0. The Balaban J connectivity index is 0.0000102. The van der Waals surface area contributed by atoms with Crippen LogP contribution in [0.1, 0.15) is 31.2 Å². The fraction of sp³-hybridized carbons (Fsp3) is 0.200. The molecule has 0 atom stereocenters. The molecule has 6 rings (SSSR count). The second-order valence-corrected chi connectivity index (χ2v) is 29.9. The molecule has 0 aliphatic heterocycles. The summed E-state index contributed by atoms with van der Waals surface area (Å²) in [5.74, 6) is -0.759. The van der Waals surface area contributed by atoms with Crippen LogP contribution >= 0.6 is 35.6 Å². The number of hydrogen-bond donors (Lipinski definition) is 9. The van der Waals surface area contributed by atoms with E-state index >= 15 is 0 Å². The molecule has 39 nitrogen and oxygen atoms in total. The van der Waals surface area contributed by atoms with Gasteiger partial charge < -0.3 is 43.4 Å². The summed E-state index contributed by atoms with van der Waals surface area (Å²) >= 11 is 2.03. The van der Waals surface area contributed by atoms with E-state index in [4.69, 9.17) is 46.8 Å². The molecule has 17 N–H and O–H groups in total. The van der Waals surface area contributed by atoms with Gasteiger partial charge in [0.05, 0.1) is 79.5 Å². The summed E-state index contributed by atoms with van der Waals surface area (Å²) in [5.41, 5.74) is 21.5. The van der Waals surface area contributed by atoms with E-state index in [0.717, 1.165) is 41.7 Å². The van der Waals surface area contributed by atoms with Gasteiger partial charge in [-0.2, -0.15) is 43.9 Å². The molecular weight excluding hydrogens is 1490 g/mol. The number of azo groups is 4. The first-order valence-corrected chi connectivity index (χ1v) is 37.1. The van der Waals surface area contributed by atoms with Gasteiger partial charge in [0.25, 0.3) is 20.2 Å². The largest absolute Gasteiger partial charge is 0.494 e. The van der Waals surface area contributed by atoms with Crippen molar-refractivity contribution in [3.63, 3.8) is 0 Å². The average molecular weight is 1540 g/mol. The van der Waals surface area contributed by atoms with Crippen LogP contribution in [0.5, 0.6) is 5.75 Å². The highest BCUT2D eigenvalue weighted by Gasteiger charge is 2.26. The molecule has 0 saturated heterocycles. The van der Waals surface area contributed by atoms with Crippen LogP contribution in [0.4, 0.5) is 68.2 Å². The van der Waals surface area contributed by atoms with Gasteiger partial charge in [0.15, 0.2) is 31.9 Å². The number of nitrogens with zero attached hydrogens (tertiary/aromatic N) is 8. The van der Waals surface area contributed by atoms with E-state index in [1.54, 1.807) is 0 Å². The lowest BCUT2D eigenvalue weighted by Gasteiger charge is -2.13. The number of unbranched alkanes of at least 4 members (excludes halogenated alkanes) is 2. The number of aryl methyl sites for hydroxylation is 1. The third-order valence-corrected chi connectivity index (χ3v) is 19.9. The zero-order chi connectivity index (χ0) is 70.7. The van der Waals surface area contributed by atoms with Crippen molar-refractivity contribution in [3.8, 4) is 28.5 Å². The zero-order valence-electron chi connectivity index (χ0n) is 49.8.